The van der Waals surface area contributed by atoms with Crippen molar-refractivity contribution in [3.8, 4) is 5.75 Å². The number of rotatable bonds is 7. The molecule has 1 aromatic carbocycles. The molecule has 0 fully saturated rings. The average Bonchev–Trinajstić information content (AvgIpc) is 2.33. The molecule has 0 saturated carbocycles. The first-order chi connectivity index (χ1) is 8.54. The first kappa shape index (κ1) is 14.7. The van der Waals surface area contributed by atoms with Crippen LogP contribution in [0.2, 0.25) is 5.02 Å². The molecule has 0 aromatic heterocycles. The second-order valence-corrected chi connectivity index (χ2v) is 4.50. The standard InChI is InChI=1S/C12H17ClN2O3/c1-3-14-7-9(2)8-18-10-4-5-12(15(16)17)11(13)6-10/h4-6,9,14H,3,7-8H2,1-2H3. The van der Waals surface area contributed by atoms with Crippen molar-refractivity contribution < 1.29 is 9.66 Å². The quantitative estimate of drug-likeness (QED) is 0.612. The Hall–Kier alpha value is -1.33. The van der Waals surface area contributed by atoms with Crippen LogP contribution in [-0.4, -0.2) is 24.6 Å². The van der Waals surface area contributed by atoms with Crippen molar-refractivity contribution in [3.05, 3.63) is 33.3 Å². The minimum Gasteiger partial charge on any atom is -0.493 e. The van der Waals surface area contributed by atoms with Gasteiger partial charge in [-0.1, -0.05) is 25.4 Å². The molecule has 0 saturated heterocycles. The Balaban J connectivity index is 2.53. The Bertz CT molecular complexity index is 412. The molecule has 0 aliphatic rings. The second-order valence-electron chi connectivity index (χ2n) is 4.09. The van der Waals surface area contributed by atoms with Crippen molar-refractivity contribution >= 4 is 17.3 Å². The van der Waals surface area contributed by atoms with Crippen LogP contribution in [0.3, 0.4) is 0 Å². The number of ether oxygens (including phenoxy) is 1. The Morgan fingerprint density at radius 2 is 2.28 bits per heavy atom. The largest absolute Gasteiger partial charge is 0.493 e. The SMILES string of the molecule is CCNCC(C)COc1ccc([N+](=O)[O-])c(Cl)c1. The van der Waals surface area contributed by atoms with E-state index in [2.05, 4.69) is 12.2 Å². The van der Waals surface area contributed by atoms with Crippen molar-refractivity contribution in [3.63, 3.8) is 0 Å². The topological polar surface area (TPSA) is 64.4 Å². The minimum atomic E-state index is -0.514. The van der Waals surface area contributed by atoms with Gasteiger partial charge in [0.25, 0.3) is 5.69 Å². The summed E-state index contributed by atoms with van der Waals surface area (Å²) in [7, 11) is 0. The van der Waals surface area contributed by atoms with Crippen LogP contribution in [0.4, 0.5) is 5.69 Å². The lowest BCUT2D eigenvalue weighted by molar-refractivity contribution is -0.384. The van der Waals surface area contributed by atoms with Gasteiger partial charge in [-0.25, -0.2) is 0 Å². The van der Waals surface area contributed by atoms with Crippen LogP contribution in [0.15, 0.2) is 18.2 Å². The van der Waals surface area contributed by atoms with Crippen LogP contribution in [0.5, 0.6) is 5.75 Å². The normalized spacial score (nSPS) is 12.2. The van der Waals surface area contributed by atoms with Crippen LogP contribution in [0.1, 0.15) is 13.8 Å². The molecule has 1 N–H and O–H groups in total. The van der Waals surface area contributed by atoms with Crippen LogP contribution in [0, 0.1) is 16.0 Å². The molecule has 5 nitrogen and oxygen atoms in total. The lowest BCUT2D eigenvalue weighted by atomic mass is 10.2. The highest BCUT2D eigenvalue weighted by atomic mass is 35.5. The highest BCUT2D eigenvalue weighted by Gasteiger charge is 2.12. The summed E-state index contributed by atoms with van der Waals surface area (Å²) in [6, 6.07) is 4.39. The van der Waals surface area contributed by atoms with E-state index >= 15 is 0 Å². The van der Waals surface area contributed by atoms with Crippen molar-refractivity contribution in [1.82, 2.24) is 5.32 Å². The molecule has 0 amide bonds. The number of nitro groups is 1. The molecule has 18 heavy (non-hydrogen) atoms. The lowest BCUT2D eigenvalue weighted by Crippen LogP contribution is -2.24. The molecule has 6 heteroatoms. The van der Waals surface area contributed by atoms with Gasteiger partial charge in [-0.05, 0) is 12.6 Å². The van der Waals surface area contributed by atoms with Crippen molar-refractivity contribution in [2.75, 3.05) is 19.7 Å². The monoisotopic (exact) mass is 272 g/mol. The summed E-state index contributed by atoms with van der Waals surface area (Å²) in [6.07, 6.45) is 0. The van der Waals surface area contributed by atoms with E-state index in [0.29, 0.717) is 18.3 Å². The summed E-state index contributed by atoms with van der Waals surface area (Å²) in [5, 5.41) is 13.9. The number of halogens is 1. The summed E-state index contributed by atoms with van der Waals surface area (Å²) in [5.41, 5.74) is -0.107. The molecule has 0 aliphatic heterocycles. The summed E-state index contributed by atoms with van der Waals surface area (Å²) in [4.78, 5) is 10.1. The summed E-state index contributed by atoms with van der Waals surface area (Å²) < 4.78 is 5.53. The van der Waals surface area contributed by atoms with Gasteiger partial charge in [0.05, 0.1) is 11.5 Å². The third-order valence-corrected chi connectivity index (χ3v) is 2.70. The van der Waals surface area contributed by atoms with E-state index in [9.17, 15) is 10.1 Å². The maximum atomic E-state index is 10.6. The zero-order valence-electron chi connectivity index (χ0n) is 10.5. The molecule has 1 unspecified atom stereocenters. The number of hydrogen-bond donors (Lipinski definition) is 1. The number of nitro benzene ring substituents is 1. The number of benzene rings is 1. The van der Waals surface area contributed by atoms with Gasteiger partial charge in [0.2, 0.25) is 0 Å². The predicted octanol–water partition coefficient (Wildman–Crippen LogP) is 2.87. The van der Waals surface area contributed by atoms with E-state index < -0.39 is 4.92 Å². The Morgan fingerprint density at radius 3 is 2.83 bits per heavy atom. The van der Waals surface area contributed by atoms with Gasteiger partial charge in [-0.15, -0.1) is 0 Å². The van der Waals surface area contributed by atoms with Crippen LogP contribution < -0.4 is 10.1 Å². The molecule has 0 spiro atoms. The Morgan fingerprint density at radius 1 is 1.56 bits per heavy atom. The molecule has 0 heterocycles. The molecule has 1 rings (SSSR count). The summed E-state index contributed by atoms with van der Waals surface area (Å²) >= 11 is 5.79. The first-order valence-electron chi connectivity index (χ1n) is 5.82. The van der Waals surface area contributed by atoms with Gasteiger partial charge >= 0.3 is 0 Å². The van der Waals surface area contributed by atoms with E-state index in [1.807, 2.05) is 6.92 Å². The second kappa shape index (κ2) is 7.18. The van der Waals surface area contributed by atoms with Crippen LogP contribution in [-0.2, 0) is 0 Å². The van der Waals surface area contributed by atoms with Crippen LogP contribution >= 0.6 is 11.6 Å². The molecule has 0 bridgehead atoms. The van der Waals surface area contributed by atoms with Gasteiger partial charge in [0.15, 0.2) is 0 Å². The lowest BCUT2D eigenvalue weighted by Gasteiger charge is -2.13. The number of hydrogen-bond acceptors (Lipinski definition) is 4. The maximum Gasteiger partial charge on any atom is 0.288 e. The zero-order valence-corrected chi connectivity index (χ0v) is 11.2. The number of nitrogens with zero attached hydrogens (tertiary/aromatic N) is 1. The Labute approximate surface area is 111 Å². The van der Waals surface area contributed by atoms with Crippen molar-refractivity contribution in [2.45, 2.75) is 13.8 Å². The third kappa shape index (κ3) is 4.50. The predicted molar refractivity (Wildman–Crippen MR) is 71.3 cm³/mol. The van der Waals surface area contributed by atoms with E-state index in [1.165, 1.54) is 12.1 Å². The fraction of sp³-hybridized carbons (Fsp3) is 0.500. The van der Waals surface area contributed by atoms with Gasteiger partial charge in [-0.2, -0.15) is 0 Å². The maximum absolute atomic E-state index is 10.6. The smallest absolute Gasteiger partial charge is 0.288 e. The molecule has 1 aromatic rings. The number of nitrogens with one attached hydrogen (secondary N) is 1. The van der Waals surface area contributed by atoms with E-state index in [1.54, 1.807) is 6.07 Å². The molecular weight excluding hydrogens is 256 g/mol. The Kier molecular flexibility index (Phi) is 5.88. The van der Waals surface area contributed by atoms with Gasteiger partial charge in [0, 0.05) is 24.6 Å². The van der Waals surface area contributed by atoms with Crippen molar-refractivity contribution in [1.29, 1.82) is 0 Å². The van der Waals surface area contributed by atoms with E-state index in [0.717, 1.165) is 13.1 Å². The van der Waals surface area contributed by atoms with Crippen molar-refractivity contribution in [2.24, 2.45) is 5.92 Å². The molecule has 0 radical (unpaired) electrons. The fourth-order valence-corrected chi connectivity index (χ4v) is 1.65. The van der Waals surface area contributed by atoms with Gasteiger partial charge < -0.3 is 10.1 Å². The molecule has 100 valence electrons. The van der Waals surface area contributed by atoms with Gasteiger partial charge in [0.1, 0.15) is 10.8 Å². The highest BCUT2D eigenvalue weighted by molar-refractivity contribution is 6.32. The molecule has 0 aliphatic carbocycles. The zero-order chi connectivity index (χ0) is 13.5. The summed E-state index contributed by atoms with van der Waals surface area (Å²) in [6.45, 7) is 6.45. The third-order valence-electron chi connectivity index (χ3n) is 2.39. The molecule has 1 atom stereocenters. The van der Waals surface area contributed by atoms with E-state index in [4.69, 9.17) is 16.3 Å². The fourth-order valence-electron chi connectivity index (χ4n) is 1.41. The average molecular weight is 273 g/mol. The minimum absolute atomic E-state index is 0.0943. The van der Waals surface area contributed by atoms with Crippen LogP contribution in [0.25, 0.3) is 0 Å². The van der Waals surface area contributed by atoms with E-state index in [-0.39, 0.29) is 10.7 Å². The first-order valence-corrected chi connectivity index (χ1v) is 6.19. The highest BCUT2D eigenvalue weighted by Crippen LogP contribution is 2.28. The summed E-state index contributed by atoms with van der Waals surface area (Å²) in [5.74, 6) is 0.910. The molecular formula is C12H17ClN2O3. The van der Waals surface area contributed by atoms with Gasteiger partial charge in [-0.3, -0.25) is 10.1 Å².